The van der Waals surface area contributed by atoms with Crippen molar-refractivity contribution >= 4 is 23.8 Å². The van der Waals surface area contributed by atoms with Crippen molar-refractivity contribution in [1.82, 2.24) is 21.3 Å². The second-order valence-corrected chi connectivity index (χ2v) is 3.55. The molecule has 5 amide bonds. The van der Waals surface area contributed by atoms with E-state index < -0.39 is 18.0 Å². The minimum absolute atomic E-state index is 0.113. The third-order valence-electron chi connectivity index (χ3n) is 2.07. The smallest absolute Gasteiger partial charge is 0.322 e. The molecule has 1 heterocycles. The number of carbonyl (C=O) groups excluding carboxylic acids is 4. The molecule has 0 saturated carbocycles. The summed E-state index contributed by atoms with van der Waals surface area (Å²) < 4.78 is 0. The molecular weight excluding hydrogens is 228 g/mol. The Morgan fingerprint density at radius 1 is 1.24 bits per heavy atom. The number of hydrogen-bond donors (Lipinski definition) is 4. The predicted molar refractivity (Wildman–Crippen MR) is 56.8 cm³/mol. The second kappa shape index (κ2) is 5.83. The first kappa shape index (κ1) is 12.9. The van der Waals surface area contributed by atoms with Gasteiger partial charge in [0.25, 0.3) is 5.91 Å². The maximum absolute atomic E-state index is 11.3. The number of hydrogen-bond acceptors (Lipinski definition) is 4. The molecular formula is C9H14N4O4. The molecule has 1 aliphatic heterocycles. The maximum Gasteiger partial charge on any atom is 0.322 e. The van der Waals surface area contributed by atoms with Gasteiger partial charge in [-0.15, -0.1) is 0 Å². The lowest BCUT2D eigenvalue weighted by atomic mass is 10.2. The monoisotopic (exact) mass is 242 g/mol. The van der Waals surface area contributed by atoms with E-state index in [1.165, 1.54) is 6.92 Å². The molecule has 0 spiro atoms. The summed E-state index contributed by atoms with van der Waals surface area (Å²) in [7, 11) is 0. The fraction of sp³-hybridized carbons (Fsp3) is 0.556. The van der Waals surface area contributed by atoms with Gasteiger partial charge in [-0.3, -0.25) is 19.7 Å². The second-order valence-electron chi connectivity index (χ2n) is 3.55. The van der Waals surface area contributed by atoms with E-state index in [9.17, 15) is 19.2 Å². The van der Waals surface area contributed by atoms with Crippen molar-refractivity contribution in [1.29, 1.82) is 0 Å². The van der Waals surface area contributed by atoms with E-state index in [1.54, 1.807) is 0 Å². The number of nitrogens with one attached hydrogen (secondary N) is 4. The minimum atomic E-state index is -0.816. The van der Waals surface area contributed by atoms with Crippen LogP contribution in [0.4, 0.5) is 4.79 Å². The molecule has 0 bridgehead atoms. The molecule has 0 aromatic carbocycles. The van der Waals surface area contributed by atoms with Crippen LogP contribution in [-0.2, 0) is 14.4 Å². The zero-order valence-corrected chi connectivity index (χ0v) is 9.33. The van der Waals surface area contributed by atoms with Gasteiger partial charge in [0.2, 0.25) is 11.8 Å². The Balaban J connectivity index is 2.19. The van der Waals surface area contributed by atoms with Gasteiger partial charge in [-0.2, -0.15) is 0 Å². The highest BCUT2D eigenvalue weighted by Crippen LogP contribution is 1.98. The van der Waals surface area contributed by atoms with Gasteiger partial charge >= 0.3 is 6.03 Å². The topological polar surface area (TPSA) is 116 Å². The van der Waals surface area contributed by atoms with Gasteiger partial charge in [-0.05, 0) is 0 Å². The quantitative estimate of drug-likeness (QED) is 0.324. The fourth-order valence-electron chi connectivity index (χ4n) is 1.30. The lowest BCUT2D eigenvalue weighted by Gasteiger charge is -2.08. The Kier molecular flexibility index (Phi) is 4.44. The van der Waals surface area contributed by atoms with Crippen LogP contribution in [0.2, 0.25) is 0 Å². The maximum atomic E-state index is 11.3. The molecule has 4 N–H and O–H groups in total. The van der Waals surface area contributed by atoms with E-state index in [0.29, 0.717) is 6.54 Å². The van der Waals surface area contributed by atoms with Crippen LogP contribution in [0.5, 0.6) is 0 Å². The van der Waals surface area contributed by atoms with Gasteiger partial charge in [0, 0.05) is 20.0 Å². The average molecular weight is 242 g/mol. The zero-order valence-electron chi connectivity index (χ0n) is 9.33. The molecule has 8 heteroatoms. The van der Waals surface area contributed by atoms with Crippen LogP contribution >= 0.6 is 0 Å². The van der Waals surface area contributed by atoms with E-state index in [0.717, 1.165) is 0 Å². The molecule has 8 nitrogen and oxygen atoms in total. The van der Waals surface area contributed by atoms with Crippen molar-refractivity contribution in [3.8, 4) is 0 Å². The highest BCUT2D eigenvalue weighted by atomic mass is 16.2. The molecule has 0 aliphatic carbocycles. The van der Waals surface area contributed by atoms with Crippen LogP contribution in [0.15, 0.2) is 0 Å². The summed E-state index contributed by atoms with van der Waals surface area (Å²) in [6.45, 7) is 1.98. The summed E-state index contributed by atoms with van der Waals surface area (Å²) in [5.74, 6) is -1.05. The van der Waals surface area contributed by atoms with Crippen molar-refractivity contribution in [2.24, 2.45) is 0 Å². The van der Waals surface area contributed by atoms with Crippen LogP contribution in [0.3, 0.4) is 0 Å². The summed E-state index contributed by atoms with van der Waals surface area (Å²) in [5.41, 5.74) is 0. The first-order valence-electron chi connectivity index (χ1n) is 5.11. The Bertz CT molecular complexity index is 355. The van der Waals surface area contributed by atoms with Crippen molar-refractivity contribution in [3.63, 3.8) is 0 Å². The van der Waals surface area contributed by atoms with Crippen molar-refractivity contribution in [2.45, 2.75) is 19.4 Å². The number of amides is 5. The molecule has 1 unspecified atom stereocenters. The third kappa shape index (κ3) is 4.49. The van der Waals surface area contributed by atoms with Crippen molar-refractivity contribution < 1.29 is 19.2 Å². The van der Waals surface area contributed by atoms with Crippen LogP contribution in [0.25, 0.3) is 0 Å². The molecule has 94 valence electrons. The standard InChI is InChI=1S/C9H14N4O4/c1-5(14)10-2-3-11-7(15)4-6-8(16)13-9(17)12-6/h6H,2-4H2,1H3,(H,10,14)(H,11,15)(H2,12,13,16,17). The number of rotatable bonds is 5. The van der Waals surface area contributed by atoms with Crippen LogP contribution in [0.1, 0.15) is 13.3 Å². The van der Waals surface area contributed by atoms with E-state index in [2.05, 4.69) is 16.0 Å². The van der Waals surface area contributed by atoms with E-state index in [-0.39, 0.29) is 24.8 Å². The number of imide groups is 1. The summed E-state index contributed by atoms with van der Waals surface area (Å²) in [4.78, 5) is 43.7. The molecule has 1 rings (SSSR count). The SMILES string of the molecule is CC(=O)NCCNC(=O)CC1NC(=O)NC1=O. The predicted octanol–water partition coefficient (Wildman–Crippen LogP) is -2.16. The van der Waals surface area contributed by atoms with Gasteiger partial charge in [0.1, 0.15) is 6.04 Å². The van der Waals surface area contributed by atoms with Gasteiger partial charge in [-0.25, -0.2) is 4.79 Å². The molecule has 0 aromatic heterocycles. The zero-order chi connectivity index (χ0) is 12.8. The minimum Gasteiger partial charge on any atom is -0.355 e. The first-order chi connectivity index (χ1) is 7.99. The van der Waals surface area contributed by atoms with Gasteiger partial charge in [0.05, 0.1) is 6.42 Å². The van der Waals surface area contributed by atoms with Crippen molar-refractivity contribution in [3.05, 3.63) is 0 Å². The lowest BCUT2D eigenvalue weighted by molar-refractivity contribution is -0.126. The first-order valence-corrected chi connectivity index (χ1v) is 5.11. The van der Waals surface area contributed by atoms with Crippen molar-refractivity contribution in [2.75, 3.05) is 13.1 Å². The molecule has 1 fully saturated rings. The fourth-order valence-corrected chi connectivity index (χ4v) is 1.30. The summed E-state index contributed by atoms with van der Waals surface area (Å²) >= 11 is 0. The molecule has 1 atom stereocenters. The largest absolute Gasteiger partial charge is 0.355 e. The van der Waals surface area contributed by atoms with E-state index in [4.69, 9.17) is 0 Å². The average Bonchev–Trinajstić information content (AvgIpc) is 2.52. The highest BCUT2D eigenvalue weighted by Gasteiger charge is 2.30. The molecule has 17 heavy (non-hydrogen) atoms. The molecule has 0 radical (unpaired) electrons. The summed E-state index contributed by atoms with van der Waals surface area (Å²) in [6, 6.07) is -1.41. The van der Waals surface area contributed by atoms with E-state index in [1.807, 2.05) is 5.32 Å². The molecule has 1 aliphatic rings. The Labute approximate surface area is 97.5 Å². The van der Waals surface area contributed by atoms with Gasteiger partial charge < -0.3 is 16.0 Å². The normalized spacial score (nSPS) is 18.3. The lowest BCUT2D eigenvalue weighted by Crippen LogP contribution is -2.39. The van der Waals surface area contributed by atoms with Crippen LogP contribution in [0, 0.1) is 0 Å². The molecule has 1 saturated heterocycles. The van der Waals surface area contributed by atoms with Gasteiger partial charge in [0.15, 0.2) is 0 Å². The van der Waals surface area contributed by atoms with Crippen LogP contribution in [-0.4, -0.2) is 42.9 Å². The Morgan fingerprint density at radius 2 is 1.88 bits per heavy atom. The Hall–Kier alpha value is -2.12. The highest BCUT2D eigenvalue weighted by molar-refractivity contribution is 6.05. The number of carbonyl (C=O) groups is 4. The third-order valence-corrected chi connectivity index (χ3v) is 2.07. The molecule has 0 aromatic rings. The van der Waals surface area contributed by atoms with Gasteiger partial charge in [-0.1, -0.05) is 0 Å². The number of urea groups is 1. The summed E-state index contributed by atoms with van der Waals surface area (Å²) in [5, 5.41) is 9.36. The van der Waals surface area contributed by atoms with E-state index >= 15 is 0 Å². The summed E-state index contributed by atoms with van der Waals surface area (Å²) in [6.07, 6.45) is -0.113. The Morgan fingerprint density at radius 3 is 2.41 bits per heavy atom. The van der Waals surface area contributed by atoms with Crippen LogP contribution < -0.4 is 21.3 Å².